The standard InChI is InChI=1S/C24H33O6P.Li/c1-6-8-12-29-17-10-11-22(19(14-17)30-13-9-7-2)31-24(25)23-20(27-4)15-18(26-3)16-21(23)28-5;/h10-11,14-16,31H,6-9,12-13H2,1-5H3;/q;+1. The van der Waals surface area contributed by atoms with Gasteiger partial charge in [-0.2, -0.15) is 0 Å². The zero-order valence-electron chi connectivity index (χ0n) is 20.1. The van der Waals surface area contributed by atoms with Gasteiger partial charge in [0.2, 0.25) is 0 Å². The van der Waals surface area contributed by atoms with E-state index in [1.807, 2.05) is 18.2 Å². The van der Waals surface area contributed by atoms with Gasteiger partial charge in [0.1, 0.15) is 34.3 Å². The van der Waals surface area contributed by atoms with Gasteiger partial charge in [-0.25, -0.2) is 0 Å². The molecule has 0 aliphatic heterocycles. The predicted molar refractivity (Wildman–Crippen MR) is 126 cm³/mol. The fourth-order valence-electron chi connectivity index (χ4n) is 2.89. The van der Waals surface area contributed by atoms with E-state index in [0.717, 1.165) is 36.7 Å². The summed E-state index contributed by atoms with van der Waals surface area (Å²) in [5, 5.41) is 0.823. The van der Waals surface area contributed by atoms with Crippen molar-refractivity contribution in [2.45, 2.75) is 39.5 Å². The second-order valence-corrected chi connectivity index (χ2v) is 8.17. The van der Waals surface area contributed by atoms with E-state index in [0.29, 0.717) is 41.8 Å². The molecule has 0 radical (unpaired) electrons. The van der Waals surface area contributed by atoms with E-state index in [1.165, 1.54) is 14.2 Å². The van der Waals surface area contributed by atoms with E-state index in [-0.39, 0.29) is 33.0 Å². The number of benzene rings is 2. The first-order valence-electron chi connectivity index (χ1n) is 10.6. The summed E-state index contributed by atoms with van der Waals surface area (Å²) in [4.78, 5) is 13.3. The third kappa shape index (κ3) is 7.92. The maximum Gasteiger partial charge on any atom is 1.00 e. The summed E-state index contributed by atoms with van der Waals surface area (Å²) in [7, 11) is 4.45. The van der Waals surface area contributed by atoms with E-state index in [2.05, 4.69) is 13.8 Å². The minimum Gasteiger partial charge on any atom is -0.496 e. The molecule has 6 nitrogen and oxygen atoms in total. The zero-order valence-corrected chi connectivity index (χ0v) is 21.1. The van der Waals surface area contributed by atoms with Crippen molar-refractivity contribution in [2.75, 3.05) is 34.5 Å². The van der Waals surface area contributed by atoms with Crippen LogP contribution in [0.25, 0.3) is 0 Å². The van der Waals surface area contributed by atoms with Gasteiger partial charge in [0.25, 0.3) is 0 Å². The SMILES string of the molecule is CCCCOc1ccc(PC(=O)c2c(OC)cc(OC)cc2OC)c(OCCCC)c1.[Li+]. The summed E-state index contributed by atoms with van der Waals surface area (Å²) in [5.41, 5.74) is 0.295. The van der Waals surface area contributed by atoms with Gasteiger partial charge in [-0.15, -0.1) is 0 Å². The number of rotatable bonds is 14. The molecule has 0 amide bonds. The molecule has 0 saturated heterocycles. The van der Waals surface area contributed by atoms with Crippen LogP contribution in [-0.2, 0) is 0 Å². The summed E-state index contributed by atoms with van der Waals surface area (Å²) in [5.74, 6) is 2.83. The fraction of sp³-hybridized carbons (Fsp3) is 0.458. The van der Waals surface area contributed by atoms with Crippen LogP contribution in [0.2, 0.25) is 0 Å². The van der Waals surface area contributed by atoms with Gasteiger partial charge in [-0.3, -0.25) is 4.79 Å². The summed E-state index contributed by atoms with van der Waals surface area (Å²) in [6, 6.07) is 9.04. The number of unbranched alkanes of at least 4 members (excludes halogenated alkanes) is 2. The topological polar surface area (TPSA) is 63.2 Å². The van der Waals surface area contributed by atoms with Crippen LogP contribution in [0.1, 0.15) is 49.9 Å². The molecule has 0 aromatic heterocycles. The Morgan fingerprint density at radius 1 is 0.781 bits per heavy atom. The molecule has 1 atom stereocenters. The molecule has 0 bridgehead atoms. The molecule has 32 heavy (non-hydrogen) atoms. The van der Waals surface area contributed by atoms with Crippen molar-refractivity contribution in [1.82, 2.24) is 0 Å². The molecule has 2 aromatic rings. The smallest absolute Gasteiger partial charge is 0.496 e. The van der Waals surface area contributed by atoms with E-state index in [9.17, 15) is 4.79 Å². The van der Waals surface area contributed by atoms with Crippen LogP contribution in [0.3, 0.4) is 0 Å². The first-order chi connectivity index (χ1) is 15.1. The quantitative estimate of drug-likeness (QED) is 0.247. The molecule has 1 unspecified atom stereocenters. The zero-order chi connectivity index (χ0) is 22.6. The summed E-state index contributed by atoms with van der Waals surface area (Å²) in [6.45, 7) is 5.49. The van der Waals surface area contributed by atoms with E-state index in [1.54, 1.807) is 19.2 Å². The average Bonchev–Trinajstić information content (AvgIpc) is 2.79. The van der Waals surface area contributed by atoms with Gasteiger partial charge >= 0.3 is 18.9 Å². The van der Waals surface area contributed by atoms with Gasteiger partial charge in [-0.05, 0) is 33.6 Å². The van der Waals surface area contributed by atoms with Crippen molar-refractivity contribution >= 4 is 19.4 Å². The molecular weight excluding hydrogens is 422 g/mol. The van der Waals surface area contributed by atoms with Crippen LogP contribution in [0.5, 0.6) is 28.7 Å². The minimum atomic E-state index is -0.159. The first kappa shape index (κ1) is 28.2. The molecule has 0 fully saturated rings. The molecule has 2 aromatic carbocycles. The number of hydrogen-bond donors (Lipinski definition) is 0. The van der Waals surface area contributed by atoms with E-state index in [4.69, 9.17) is 23.7 Å². The van der Waals surface area contributed by atoms with Crippen molar-refractivity contribution in [3.8, 4) is 28.7 Å². The maximum atomic E-state index is 13.3. The Balaban J connectivity index is 0.00000512. The Morgan fingerprint density at radius 2 is 1.34 bits per heavy atom. The number of ether oxygens (including phenoxy) is 5. The summed E-state index contributed by atoms with van der Waals surface area (Å²) >= 11 is 0. The second kappa shape index (κ2) is 15.1. The third-order valence-electron chi connectivity index (χ3n) is 4.67. The Bertz CT molecular complexity index is 833. The molecular formula is C24H33LiO6P+. The van der Waals surface area contributed by atoms with Crippen LogP contribution >= 0.6 is 8.58 Å². The fourth-order valence-corrected chi connectivity index (χ4v) is 3.94. The number of carbonyl (C=O) groups is 1. The average molecular weight is 455 g/mol. The molecule has 0 N–H and O–H groups in total. The Hall–Kier alpha value is -1.86. The molecule has 0 aliphatic carbocycles. The van der Waals surface area contributed by atoms with Gasteiger partial charge < -0.3 is 23.7 Å². The van der Waals surface area contributed by atoms with Gasteiger partial charge in [-0.1, -0.05) is 26.7 Å². The summed E-state index contributed by atoms with van der Waals surface area (Å²) < 4.78 is 28.0. The van der Waals surface area contributed by atoms with Crippen molar-refractivity contribution in [2.24, 2.45) is 0 Å². The monoisotopic (exact) mass is 455 g/mol. The molecule has 8 heteroatoms. The predicted octanol–water partition coefficient (Wildman–Crippen LogP) is 2.22. The molecule has 0 aliphatic rings. The molecule has 0 saturated carbocycles. The largest absolute Gasteiger partial charge is 1.00 e. The summed E-state index contributed by atoms with van der Waals surface area (Å²) in [6.07, 6.45) is 4.03. The van der Waals surface area contributed by atoms with Gasteiger partial charge in [0.05, 0.1) is 34.5 Å². The normalized spacial score (nSPS) is 10.5. The Kier molecular flexibility index (Phi) is 13.3. The van der Waals surface area contributed by atoms with Crippen molar-refractivity contribution in [1.29, 1.82) is 0 Å². The van der Waals surface area contributed by atoms with Gasteiger partial charge in [0.15, 0.2) is 5.52 Å². The third-order valence-corrected chi connectivity index (χ3v) is 5.82. The van der Waals surface area contributed by atoms with E-state index >= 15 is 0 Å². The number of carbonyl (C=O) groups excluding carboxylic acids is 1. The van der Waals surface area contributed by atoms with E-state index < -0.39 is 0 Å². The van der Waals surface area contributed by atoms with Crippen LogP contribution in [0.4, 0.5) is 0 Å². The van der Waals surface area contributed by atoms with Gasteiger partial charge in [0, 0.05) is 23.5 Å². The maximum absolute atomic E-state index is 13.3. The first-order valence-corrected chi connectivity index (χ1v) is 11.6. The van der Waals surface area contributed by atoms with Crippen LogP contribution in [-0.4, -0.2) is 40.1 Å². The van der Waals surface area contributed by atoms with Crippen LogP contribution < -0.4 is 47.8 Å². The molecule has 0 spiro atoms. The van der Waals surface area contributed by atoms with Crippen LogP contribution in [0, 0.1) is 0 Å². The molecule has 2 rings (SSSR count). The van der Waals surface area contributed by atoms with Crippen LogP contribution in [0.15, 0.2) is 30.3 Å². The minimum absolute atomic E-state index is 0. The molecule has 170 valence electrons. The van der Waals surface area contributed by atoms with Crippen molar-refractivity contribution in [3.05, 3.63) is 35.9 Å². The molecule has 0 heterocycles. The van der Waals surface area contributed by atoms with Crippen molar-refractivity contribution < 1.29 is 47.3 Å². The van der Waals surface area contributed by atoms with Crippen molar-refractivity contribution in [3.63, 3.8) is 0 Å². The Labute approximate surface area is 205 Å². The number of methoxy groups -OCH3 is 3. The second-order valence-electron chi connectivity index (χ2n) is 6.92. The Morgan fingerprint density at radius 3 is 1.88 bits per heavy atom. The number of hydrogen-bond acceptors (Lipinski definition) is 6.